The van der Waals surface area contributed by atoms with Crippen LogP contribution < -0.4 is 0 Å². The van der Waals surface area contributed by atoms with Gasteiger partial charge in [-0.25, -0.2) is 0 Å². The molecule has 2 unspecified atom stereocenters. The lowest BCUT2D eigenvalue weighted by Gasteiger charge is -2.44. The Morgan fingerprint density at radius 3 is 2.36 bits per heavy atom. The van der Waals surface area contributed by atoms with E-state index in [4.69, 9.17) is 0 Å². The third-order valence-corrected chi connectivity index (χ3v) is 4.73. The van der Waals surface area contributed by atoms with Crippen LogP contribution in [-0.2, 0) is 6.42 Å². The summed E-state index contributed by atoms with van der Waals surface area (Å²) < 4.78 is 0. The molecular formula is C19H32N2O. The Hall–Kier alpha value is -0.900. The molecule has 2 rings (SSSR count). The Morgan fingerprint density at radius 1 is 1.18 bits per heavy atom. The highest BCUT2D eigenvalue weighted by molar-refractivity contribution is 5.25. The number of aliphatic hydroxyl groups is 1. The van der Waals surface area contributed by atoms with Crippen LogP contribution in [0.2, 0.25) is 0 Å². The fourth-order valence-electron chi connectivity index (χ4n) is 3.57. The minimum Gasteiger partial charge on any atom is -0.394 e. The van der Waals surface area contributed by atoms with Gasteiger partial charge in [0.25, 0.3) is 0 Å². The van der Waals surface area contributed by atoms with Crippen LogP contribution in [0.25, 0.3) is 0 Å². The summed E-state index contributed by atoms with van der Waals surface area (Å²) in [5, 5.41) is 9.93. The van der Waals surface area contributed by atoms with E-state index in [0.717, 1.165) is 26.1 Å². The maximum Gasteiger partial charge on any atom is 0.0628 e. The molecule has 0 aliphatic carbocycles. The third-order valence-electron chi connectivity index (χ3n) is 4.73. The van der Waals surface area contributed by atoms with Crippen LogP contribution in [0, 0.1) is 5.92 Å². The van der Waals surface area contributed by atoms with E-state index < -0.39 is 0 Å². The highest BCUT2D eigenvalue weighted by Gasteiger charge is 2.29. The largest absolute Gasteiger partial charge is 0.394 e. The summed E-state index contributed by atoms with van der Waals surface area (Å²) in [6.45, 7) is 13.6. The van der Waals surface area contributed by atoms with Crippen molar-refractivity contribution in [2.24, 2.45) is 5.92 Å². The number of benzene rings is 1. The lowest BCUT2D eigenvalue weighted by molar-refractivity contribution is 0.0215. The molecule has 124 valence electrons. The molecule has 0 radical (unpaired) electrons. The van der Waals surface area contributed by atoms with Gasteiger partial charge in [-0.3, -0.25) is 4.90 Å². The Kier molecular flexibility index (Phi) is 6.42. The molecule has 1 aromatic rings. The molecule has 22 heavy (non-hydrogen) atoms. The van der Waals surface area contributed by atoms with E-state index in [1.807, 2.05) is 0 Å². The molecule has 2 atom stereocenters. The summed E-state index contributed by atoms with van der Waals surface area (Å²) in [7, 11) is 0. The van der Waals surface area contributed by atoms with Crippen molar-refractivity contribution in [3.63, 3.8) is 0 Å². The first-order chi connectivity index (χ1) is 10.5. The summed E-state index contributed by atoms with van der Waals surface area (Å²) in [6.07, 6.45) is 1.06. The van der Waals surface area contributed by atoms with Crippen LogP contribution in [-0.4, -0.2) is 53.7 Å². The Morgan fingerprint density at radius 2 is 1.86 bits per heavy atom. The van der Waals surface area contributed by atoms with Gasteiger partial charge in [0.1, 0.15) is 0 Å². The van der Waals surface area contributed by atoms with Crippen molar-refractivity contribution < 1.29 is 5.11 Å². The van der Waals surface area contributed by atoms with E-state index >= 15 is 0 Å². The van der Waals surface area contributed by atoms with E-state index in [0.29, 0.717) is 12.0 Å². The summed E-state index contributed by atoms with van der Waals surface area (Å²) in [4.78, 5) is 5.03. The number of hydrogen-bond donors (Lipinski definition) is 1. The number of piperazine rings is 1. The number of nitrogens with zero attached hydrogens (tertiary/aromatic N) is 2. The quantitative estimate of drug-likeness (QED) is 0.875. The molecular weight excluding hydrogens is 272 g/mol. The lowest BCUT2D eigenvalue weighted by Crippen LogP contribution is -2.54. The smallest absolute Gasteiger partial charge is 0.0628 e. The van der Waals surface area contributed by atoms with Crippen LogP contribution in [0.3, 0.4) is 0 Å². The topological polar surface area (TPSA) is 26.7 Å². The molecule has 0 saturated carbocycles. The number of aryl methyl sites for hydroxylation is 1. The average Bonchev–Trinajstić information content (AvgIpc) is 2.50. The Bertz CT molecular complexity index is 443. The SMILES string of the molecule is CCc1ccc(C(CO)N2CCN(CC(C)C)CC2C)cc1. The number of rotatable bonds is 6. The minimum atomic E-state index is 0.127. The second-order valence-corrected chi connectivity index (χ2v) is 7.03. The predicted molar refractivity (Wildman–Crippen MR) is 93.1 cm³/mol. The average molecular weight is 304 g/mol. The van der Waals surface area contributed by atoms with Crippen LogP contribution in [0.4, 0.5) is 0 Å². The molecule has 0 spiro atoms. The summed E-state index contributed by atoms with van der Waals surface area (Å²) >= 11 is 0. The highest BCUT2D eigenvalue weighted by atomic mass is 16.3. The van der Waals surface area contributed by atoms with Crippen molar-refractivity contribution in [1.29, 1.82) is 0 Å². The van der Waals surface area contributed by atoms with E-state index in [9.17, 15) is 5.11 Å². The molecule has 1 aliphatic rings. The van der Waals surface area contributed by atoms with Gasteiger partial charge in [-0.05, 0) is 30.4 Å². The van der Waals surface area contributed by atoms with Crippen LogP contribution in [0.5, 0.6) is 0 Å². The van der Waals surface area contributed by atoms with Gasteiger partial charge in [0, 0.05) is 32.2 Å². The first-order valence-corrected chi connectivity index (χ1v) is 8.73. The molecule has 3 nitrogen and oxygen atoms in total. The second kappa shape index (κ2) is 8.09. The maximum absolute atomic E-state index is 9.93. The molecule has 1 aliphatic heterocycles. The van der Waals surface area contributed by atoms with Gasteiger partial charge in [0.2, 0.25) is 0 Å². The number of aliphatic hydroxyl groups excluding tert-OH is 1. The minimum absolute atomic E-state index is 0.127. The van der Waals surface area contributed by atoms with Crippen molar-refractivity contribution in [3.05, 3.63) is 35.4 Å². The molecule has 3 heteroatoms. The fourth-order valence-corrected chi connectivity index (χ4v) is 3.57. The molecule has 1 aromatic carbocycles. The van der Waals surface area contributed by atoms with Crippen molar-refractivity contribution in [3.8, 4) is 0 Å². The van der Waals surface area contributed by atoms with Gasteiger partial charge in [0.15, 0.2) is 0 Å². The molecule has 1 saturated heterocycles. The first-order valence-electron chi connectivity index (χ1n) is 8.73. The number of hydrogen-bond acceptors (Lipinski definition) is 3. The van der Waals surface area contributed by atoms with Gasteiger partial charge in [-0.1, -0.05) is 45.0 Å². The third kappa shape index (κ3) is 4.31. The normalized spacial score (nSPS) is 22.2. The molecule has 1 fully saturated rings. The van der Waals surface area contributed by atoms with E-state index in [1.54, 1.807) is 0 Å². The summed E-state index contributed by atoms with van der Waals surface area (Å²) in [6, 6.07) is 9.37. The Balaban J connectivity index is 2.04. The fraction of sp³-hybridized carbons (Fsp3) is 0.684. The van der Waals surface area contributed by atoms with Crippen molar-refractivity contribution in [1.82, 2.24) is 9.80 Å². The second-order valence-electron chi connectivity index (χ2n) is 7.03. The van der Waals surface area contributed by atoms with E-state index in [-0.39, 0.29) is 12.6 Å². The van der Waals surface area contributed by atoms with Crippen molar-refractivity contribution in [2.75, 3.05) is 32.8 Å². The van der Waals surface area contributed by atoms with Gasteiger partial charge in [-0.2, -0.15) is 0 Å². The predicted octanol–water partition coefficient (Wildman–Crippen LogP) is 2.94. The van der Waals surface area contributed by atoms with E-state index in [1.165, 1.54) is 17.7 Å². The molecule has 0 bridgehead atoms. The van der Waals surface area contributed by atoms with Gasteiger partial charge < -0.3 is 10.0 Å². The van der Waals surface area contributed by atoms with Crippen molar-refractivity contribution >= 4 is 0 Å². The standard InChI is InChI=1S/C19H32N2O/c1-5-17-6-8-18(9-7-17)19(14-22)21-11-10-20(12-15(2)3)13-16(21)4/h6-9,15-16,19,22H,5,10-14H2,1-4H3. The summed E-state index contributed by atoms with van der Waals surface area (Å²) in [5.74, 6) is 0.717. The zero-order valence-corrected chi connectivity index (χ0v) is 14.6. The summed E-state index contributed by atoms with van der Waals surface area (Å²) in [5.41, 5.74) is 2.60. The molecule has 1 N–H and O–H groups in total. The highest BCUT2D eigenvalue weighted by Crippen LogP contribution is 2.25. The molecule has 0 aromatic heterocycles. The monoisotopic (exact) mass is 304 g/mol. The van der Waals surface area contributed by atoms with Gasteiger partial charge >= 0.3 is 0 Å². The first kappa shape index (κ1) is 17.5. The van der Waals surface area contributed by atoms with Gasteiger partial charge in [0.05, 0.1) is 12.6 Å². The maximum atomic E-state index is 9.93. The van der Waals surface area contributed by atoms with E-state index in [2.05, 4.69) is 61.8 Å². The zero-order valence-electron chi connectivity index (χ0n) is 14.6. The molecule has 1 heterocycles. The van der Waals surface area contributed by atoms with Crippen LogP contribution >= 0.6 is 0 Å². The zero-order chi connectivity index (χ0) is 16.1. The van der Waals surface area contributed by atoms with Crippen LogP contribution in [0.15, 0.2) is 24.3 Å². The van der Waals surface area contributed by atoms with Crippen LogP contribution in [0.1, 0.15) is 44.9 Å². The van der Waals surface area contributed by atoms with Crippen molar-refractivity contribution in [2.45, 2.75) is 46.2 Å². The Labute approximate surface area is 135 Å². The molecule has 0 amide bonds. The lowest BCUT2D eigenvalue weighted by atomic mass is 10.00. The van der Waals surface area contributed by atoms with Gasteiger partial charge in [-0.15, -0.1) is 0 Å².